The van der Waals surface area contributed by atoms with Crippen molar-refractivity contribution in [2.45, 2.75) is 153 Å². The Labute approximate surface area is 523 Å². The number of hydrogen-bond acceptors (Lipinski definition) is 10. The van der Waals surface area contributed by atoms with Crippen LogP contribution in [0.3, 0.4) is 0 Å². The van der Waals surface area contributed by atoms with Crippen LogP contribution < -0.4 is 21.3 Å². The number of carbonyl (C=O) groups is 6. The van der Waals surface area contributed by atoms with E-state index >= 15 is 0 Å². The van der Waals surface area contributed by atoms with Gasteiger partial charge in [0.05, 0.1) is 12.1 Å². The first-order chi connectivity index (χ1) is 41.7. The summed E-state index contributed by atoms with van der Waals surface area (Å²) in [5, 5.41) is 13.5. The van der Waals surface area contributed by atoms with Gasteiger partial charge in [0.15, 0.2) is 0 Å². The maximum absolute atomic E-state index is 14.3. The smallest absolute Gasteiger partial charge is 0.410 e. The van der Waals surface area contributed by atoms with Crippen molar-refractivity contribution in [3.05, 3.63) is 178 Å². The lowest BCUT2D eigenvalue weighted by Gasteiger charge is -2.35. The predicted octanol–water partition coefficient (Wildman–Crippen LogP) is 8.78. The molecule has 0 aromatic heterocycles. The van der Waals surface area contributed by atoms with Gasteiger partial charge in [0.1, 0.15) is 23.7 Å². The van der Waals surface area contributed by atoms with E-state index in [1.165, 1.54) is 17.5 Å². The number of hydrogen-bond donors (Lipinski definition) is 4. The number of nitrogens with zero attached hydrogens (tertiary/aromatic N) is 5. The Morgan fingerprint density at radius 3 is 1.51 bits per heavy atom. The van der Waals surface area contributed by atoms with Gasteiger partial charge in [-0.2, -0.15) is 0 Å². The molecule has 7 atom stereocenters. The minimum absolute atomic E-state index is 0.00594. The largest absolute Gasteiger partial charge is 0.444 e. The predicted molar refractivity (Wildman–Crippen MR) is 347 cm³/mol. The highest BCUT2D eigenvalue weighted by molar-refractivity contribution is 6.30. The zero-order valence-corrected chi connectivity index (χ0v) is 53.6. The Balaban J connectivity index is 0.000000282. The van der Waals surface area contributed by atoms with E-state index in [1.54, 1.807) is 27.7 Å². The second-order valence-corrected chi connectivity index (χ2v) is 24.8. The van der Waals surface area contributed by atoms with Crippen molar-refractivity contribution in [3.8, 4) is 0 Å². The third-order valence-corrected chi connectivity index (χ3v) is 16.8. The molecule has 0 bridgehead atoms. The third-order valence-electron chi connectivity index (χ3n) is 16.5. The minimum atomic E-state index is -0.795. The van der Waals surface area contributed by atoms with Crippen molar-refractivity contribution < 1.29 is 33.5 Å². The van der Waals surface area contributed by atoms with Crippen molar-refractivity contribution in [3.63, 3.8) is 0 Å². The van der Waals surface area contributed by atoms with Gasteiger partial charge in [-0.1, -0.05) is 145 Å². The summed E-state index contributed by atoms with van der Waals surface area (Å²) in [5.74, 6) is -0.688. The highest BCUT2D eigenvalue weighted by atomic mass is 35.5. The number of halogens is 1. The van der Waals surface area contributed by atoms with Gasteiger partial charge in [-0.05, 0) is 173 Å². The molecule has 0 saturated carbocycles. The van der Waals surface area contributed by atoms with E-state index in [0.717, 1.165) is 67.4 Å². The first-order valence-electron chi connectivity index (χ1n) is 31.1. The van der Waals surface area contributed by atoms with Crippen molar-refractivity contribution in [2.24, 2.45) is 0 Å². The molecule has 5 aromatic rings. The monoisotopic (exact) mass is 1210 g/mol. The summed E-state index contributed by atoms with van der Waals surface area (Å²) < 4.78 is 5.42. The van der Waals surface area contributed by atoms with Crippen molar-refractivity contribution in [1.82, 2.24) is 45.8 Å². The molecule has 2 aliphatic rings. The molecule has 87 heavy (non-hydrogen) atoms. The molecule has 2 fully saturated rings. The molecule has 17 heteroatoms. The zero-order valence-electron chi connectivity index (χ0n) is 52.9. The number of ether oxygens (including phenoxy) is 1. The standard InChI is InChI=1S/C38H50ClN5O3.C32H46N4O4/c1-28(42(3)4)36(45)41-34(22-19-29-12-7-5-8-13-29)38(47)44-24-11-16-33(44)27-43(25-23-30-14-9-6-10-15-30)37(46)35(40-2)26-31-17-20-32(39)21-18-31;1-24(35(5)31(39)40-32(2,3)4)29(37)34-28(19-18-25-13-8-6-9-14-25)30(38)36-22-12-17-27(36)23-33-21-20-26-15-10-7-11-16-26/h5-10,12-15,17-18,20-21,28,33-35,40H,11,16,19,22-27H2,1-4H3,(H,41,45);6-11,13-16,24,27-28,33H,12,17-23H2,1-5H3,(H,34,37)/t28-,33-,34-,35+;24-,27-,28-/m00/s1. The van der Waals surface area contributed by atoms with Crippen LogP contribution in [0.15, 0.2) is 146 Å². The van der Waals surface area contributed by atoms with E-state index in [1.807, 2.05) is 169 Å². The molecule has 2 aliphatic heterocycles. The molecular formula is C70H96ClN9O7. The average Bonchev–Trinajstić information content (AvgIpc) is 4.33. The second-order valence-electron chi connectivity index (χ2n) is 24.4. The van der Waals surface area contributed by atoms with E-state index < -0.39 is 35.9 Å². The van der Waals surface area contributed by atoms with Crippen LogP contribution in [-0.2, 0) is 60.8 Å². The summed E-state index contributed by atoms with van der Waals surface area (Å²) in [6.45, 7) is 12.6. The fourth-order valence-electron chi connectivity index (χ4n) is 11.0. The number of likely N-dealkylation sites (N-methyl/N-ethyl adjacent to an activating group) is 3. The van der Waals surface area contributed by atoms with Crippen molar-refractivity contribution in [1.29, 1.82) is 0 Å². The first kappa shape index (κ1) is 69.0. The number of nitrogens with one attached hydrogen (secondary N) is 4. The SMILES string of the molecule is CN[C@H](Cc1ccc(Cl)cc1)C(=O)N(CCc1ccccc1)C[C@@H]1CCCN1C(=O)[C@H](CCc1ccccc1)NC(=O)[C@H](C)N(C)C.C[C@@H](C(=O)N[C@@H](CCc1ccccc1)C(=O)N1CCC[C@H]1CNCCc1ccccc1)N(C)C(=O)OC(C)(C)C. The van der Waals surface area contributed by atoms with Crippen LogP contribution >= 0.6 is 11.6 Å². The van der Waals surface area contributed by atoms with Crippen LogP contribution in [0.1, 0.15) is 101 Å². The van der Waals surface area contributed by atoms with Crippen LogP contribution in [0.2, 0.25) is 5.02 Å². The number of benzene rings is 5. The minimum Gasteiger partial charge on any atom is -0.444 e. The maximum atomic E-state index is 14.3. The summed E-state index contributed by atoms with van der Waals surface area (Å²) >= 11 is 6.11. The molecule has 16 nitrogen and oxygen atoms in total. The molecule has 2 heterocycles. The van der Waals surface area contributed by atoms with Crippen LogP contribution in [0.5, 0.6) is 0 Å². The average molecular weight is 1210 g/mol. The molecule has 6 amide bonds. The van der Waals surface area contributed by atoms with Gasteiger partial charge in [0, 0.05) is 56.9 Å². The molecule has 7 rings (SSSR count). The third kappa shape index (κ3) is 22.5. The normalized spacial score (nSPS) is 16.6. The molecule has 0 spiro atoms. The lowest BCUT2D eigenvalue weighted by Crippen LogP contribution is -2.56. The molecule has 470 valence electrons. The lowest BCUT2D eigenvalue weighted by atomic mass is 10.0. The topological polar surface area (TPSA) is 176 Å². The second kappa shape index (κ2) is 35.0. The first-order valence-corrected chi connectivity index (χ1v) is 31.5. The Hall–Kier alpha value is -7.11. The highest BCUT2D eigenvalue weighted by Gasteiger charge is 2.38. The maximum Gasteiger partial charge on any atom is 0.410 e. The van der Waals surface area contributed by atoms with Crippen molar-refractivity contribution in [2.75, 3.05) is 67.5 Å². The van der Waals surface area contributed by atoms with Gasteiger partial charge in [-0.15, -0.1) is 0 Å². The van der Waals surface area contributed by atoms with Gasteiger partial charge in [-0.3, -0.25) is 33.8 Å². The summed E-state index contributed by atoms with van der Waals surface area (Å²) in [4.78, 5) is 90.2. The summed E-state index contributed by atoms with van der Waals surface area (Å²) in [7, 11) is 7.06. The van der Waals surface area contributed by atoms with E-state index in [-0.39, 0.29) is 47.7 Å². The summed E-state index contributed by atoms with van der Waals surface area (Å²) in [5.41, 5.74) is 5.01. The van der Waals surface area contributed by atoms with Crippen LogP contribution in [-0.4, -0.2) is 175 Å². The summed E-state index contributed by atoms with van der Waals surface area (Å²) in [6, 6.07) is 45.1. The van der Waals surface area contributed by atoms with Gasteiger partial charge in [-0.25, -0.2) is 4.79 Å². The molecule has 4 N–H and O–H groups in total. The molecule has 5 aromatic carbocycles. The number of likely N-dealkylation sites (tertiary alicyclic amines) is 2. The fraction of sp³-hybridized carbons (Fsp3) is 0.486. The number of carbonyl (C=O) groups excluding carboxylic acids is 6. The molecule has 2 saturated heterocycles. The molecule has 0 unspecified atom stereocenters. The Morgan fingerprint density at radius 1 is 0.586 bits per heavy atom. The molecular weight excluding hydrogens is 1110 g/mol. The number of amides is 6. The van der Waals surface area contributed by atoms with Gasteiger partial charge >= 0.3 is 6.09 Å². The van der Waals surface area contributed by atoms with Crippen LogP contribution in [0.25, 0.3) is 0 Å². The van der Waals surface area contributed by atoms with E-state index in [2.05, 4.69) is 45.5 Å². The quantitative estimate of drug-likeness (QED) is 0.0355. The molecule has 0 aliphatic carbocycles. The fourth-order valence-corrected chi connectivity index (χ4v) is 11.1. The Bertz CT molecular complexity index is 2900. The van der Waals surface area contributed by atoms with Crippen LogP contribution in [0.4, 0.5) is 4.79 Å². The van der Waals surface area contributed by atoms with E-state index in [0.29, 0.717) is 69.7 Å². The van der Waals surface area contributed by atoms with Crippen LogP contribution in [0, 0.1) is 0 Å². The number of rotatable bonds is 28. The van der Waals surface area contributed by atoms with Gasteiger partial charge < -0.3 is 40.7 Å². The van der Waals surface area contributed by atoms with E-state index in [9.17, 15) is 28.8 Å². The Kier molecular flexibility index (Phi) is 27.8. The lowest BCUT2D eigenvalue weighted by molar-refractivity contribution is -0.140. The summed E-state index contributed by atoms with van der Waals surface area (Å²) in [6.07, 6.45) is 7.41. The zero-order chi connectivity index (χ0) is 62.9. The van der Waals surface area contributed by atoms with Gasteiger partial charge in [0.2, 0.25) is 29.5 Å². The number of aryl methyl sites for hydroxylation is 2. The molecule has 0 radical (unpaired) electrons. The van der Waals surface area contributed by atoms with E-state index in [4.69, 9.17) is 16.3 Å². The van der Waals surface area contributed by atoms with Gasteiger partial charge in [0.25, 0.3) is 0 Å². The highest BCUT2D eigenvalue weighted by Crippen LogP contribution is 2.24. The van der Waals surface area contributed by atoms with Crippen molar-refractivity contribution >= 4 is 47.2 Å². The Morgan fingerprint density at radius 2 is 1.03 bits per heavy atom.